The van der Waals surface area contributed by atoms with Gasteiger partial charge >= 0.3 is 5.97 Å². The molecule has 1 atom stereocenters. The van der Waals surface area contributed by atoms with Crippen LogP contribution in [0.4, 0.5) is 0 Å². The molecule has 0 aliphatic heterocycles. The van der Waals surface area contributed by atoms with E-state index in [1.54, 1.807) is 12.5 Å². The van der Waals surface area contributed by atoms with Crippen molar-refractivity contribution in [2.24, 2.45) is 29.1 Å². The SMILES string of the molecule is O=C(O)C(Cn1ccnc1)C12CC3CC(CC(C3)C1)C2. The van der Waals surface area contributed by atoms with Crippen LogP contribution in [0.25, 0.3) is 0 Å². The Morgan fingerprint density at radius 3 is 2.30 bits per heavy atom. The van der Waals surface area contributed by atoms with Gasteiger partial charge in [0, 0.05) is 18.9 Å². The molecule has 1 aromatic heterocycles. The van der Waals surface area contributed by atoms with Gasteiger partial charge < -0.3 is 9.67 Å². The monoisotopic (exact) mass is 274 g/mol. The lowest BCUT2D eigenvalue weighted by Crippen LogP contribution is -2.52. The molecule has 0 radical (unpaired) electrons. The highest BCUT2D eigenvalue weighted by Crippen LogP contribution is 2.63. The Labute approximate surface area is 119 Å². The zero-order chi connectivity index (χ0) is 13.7. The molecule has 1 unspecified atom stereocenters. The third-order valence-electron chi connectivity index (χ3n) is 6.08. The minimum Gasteiger partial charge on any atom is -0.481 e. The van der Waals surface area contributed by atoms with Crippen LogP contribution in [0, 0.1) is 29.1 Å². The van der Waals surface area contributed by atoms with Crippen molar-refractivity contribution in [1.82, 2.24) is 9.55 Å². The summed E-state index contributed by atoms with van der Waals surface area (Å²) in [7, 11) is 0. The van der Waals surface area contributed by atoms with Gasteiger partial charge in [0.05, 0.1) is 12.2 Å². The lowest BCUT2D eigenvalue weighted by Gasteiger charge is -2.58. The van der Waals surface area contributed by atoms with Crippen molar-refractivity contribution in [2.75, 3.05) is 0 Å². The fourth-order valence-electron chi connectivity index (χ4n) is 5.74. The molecule has 5 rings (SSSR count). The topological polar surface area (TPSA) is 55.1 Å². The van der Waals surface area contributed by atoms with E-state index >= 15 is 0 Å². The summed E-state index contributed by atoms with van der Waals surface area (Å²) >= 11 is 0. The summed E-state index contributed by atoms with van der Waals surface area (Å²) < 4.78 is 1.94. The Balaban J connectivity index is 1.64. The Kier molecular flexibility index (Phi) is 2.69. The normalized spacial score (nSPS) is 39.9. The van der Waals surface area contributed by atoms with E-state index in [0.717, 1.165) is 37.0 Å². The lowest BCUT2D eigenvalue weighted by molar-refractivity contribution is -0.159. The molecular formula is C16H22N2O2. The number of nitrogens with zero attached hydrogens (tertiary/aromatic N) is 2. The van der Waals surface area contributed by atoms with Gasteiger partial charge in [-0.15, -0.1) is 0 Å². The predicted octanol–water partition coefficient (Wildman–Crippen LogP) is 2.80. The lowest BCUT2D eigenvalue weighted by atomic mass is 9.46. The van der Waals surface area contributed by atoms with E-state index in [1.807, 2.05) is 10.8 Å². The van der Waals surface area contributed by atoms with E-state index < -0.39 is 5.97 Å². The molecule has 1 heterocycles. The van der Waals surface area contributed by atoms with Gasteiger partial charge in [-0.3, -0.25) is 4.79 Å². The van der Waals surface area contributed by atoms with E-state index in [-0.39, 0.29) is 11.3 Å². The second kappa shape index (κ2) is 4.34. The first-order valence-electron chi connectivity index (χ1n) is 7.83. The minimum absolute atomic E-state index is 0.0604. The van der Waals surface area contributed by atoms with Crippen LogP contribution < -0.4 is 0 Å². The number of rotatable bonds is 4. The summed E-state index contributed by atoms with van der Waals surface area (Å²) in [4.78, 5) is 16.0. The fourth-order valence-corrected chi connectivity index (χ4v) is 5.74. The molecule has 0 saturated heterocycles. The molecule has 0 aromatic carbocycles. The molecule has 4 fully saturated rings. The number of hydrogen-bond donors (Lipinski definition) is 1. The highest BCUT2D eigenvalue weighted by molar-refractivity contribution is 5.71. The smallest absolute Gasteiger partial charge is 0.308 e. The van der Waals surface area contributed by atoms with Crippen LogP contribution in [0.3, 0.4) is 0 Å². The average molecular weight is 274 g/mol. The third-order valence-corrected chi connectivity index (χ3v) is 6.08. The molecule has 0 amide bonds. The van der Waals surface area contributed by atoms with Crippen LogP contribution in [0.1, 0.15) is 38.5 Å². The molecule has 1 N–H and O–H groups in total. The quantitative estimate of drug-likeness (QED) is 0.918. The van der Waals surface area contributed by atoms with Crippen molar-refractivity contribution in [1.29, 1.82) is 0 Å². The summed E-state index contributed by atoms with van der Waals surface area (Å²) in [6.45, 7) is 0.585. The number of carboxylic acid groups (broad SMARTS) is 1. The van der Waals surface area contributed by atoms with Crippen molar-refractivity contribution in [2.45, 2.75) is 45.1 Å². The Bertz CT molecular complexity index is 473. The van der Waals surface area contributed by atoms with Crippen molar-refractivity contribution in [3.8, 4) is 0 Å². The van der Waals surface area contributed by atoms with Crippen molar-refractivity contribution in [3.63, 3.8) is 0 Å². The molecule has 4 saturated carbocycles. The molecule has 1 aromatic rings. The first-order chi connectivity index (χ1) is 9.64. The number of aromatic nitrogens is 2. The summed E-state index contributed by atoms with van der Waals surface area (Å²) in [5, 5.41) is 9.80. The number of imidazole rings is 1. The van der Waals surface area contributed by atoms with Crippen LogP contribution in [-0.4, -0.2) is 20.6 Å². The Hall–Kier alpha value is -1.32. The molecule has 20 heavy (non-hydrogen) atoms. The molecular weight excluding hydrogens is 252 g/mol. The third kappa shape index (κ3) is 1.88. The van der Waals surface area contributed by atoms with Gasteiger partial charge in [-0.05, 0) is 61.7 Å². The second-order valence-electron chi connectivity index (χ2n) is 7.43. The second-order valence-corrected chi connectivity index (χ2v) is 7.43. The first kappa shape index (κ1) is 12.4. The number of carboxylic acids is 1. The van der Waals surface area contributed by atoms with Gasteiger partial charge in [0.15, 0.2) is 0 Å². The molecule has 4 aliphatic rings. The van der Waals surface area contributed by atoms with Gasteiger partial charge in [0.1, 0.15) is 0 Å². The highest BCUT2D eigenvalue weighted by atomic mass is 16.4. The summed E-state index contributed by atoms with van der Waals surface area (Å²) in [5.74, 6) is 1.54. The van der Waals surface area contributed by atoms with Crippen LogP contribution in [0.15, 0.2) is 18.7 Å². The highest BCUT2D eigenvalue weighted by Gasteiger charge is 2.55. The van der Waals surface area contributed by atoms with E-state index in [1.165, 1.54) is 19.3 Å². The van der Waals surface area contributed by atoms with Crippen LogP contribution in [0.5, 0.6) is 0 Å². The van der Waals surface area contributed by atoms with Crippen LogP contribution in [-0.2, 0) is 11.3 Å². The zero-order valence-corrected chi connectivity index (χ0v) is 11.7. The van der Waals surface area contributed by atoms with E-state index in [2.05, 4.69) is 4.98 Å². The largest absolute Gasteiger partial charge is 0.481 e. The van der Waals surface area contributed by atoms with Crippen molar-refractivity contribution >= 4 is 5.97 Å². The maximum absolute atomic E-state index is 11.9. The standard InChI is InChI=1S/C16H22N2O2/c19-15(20)14(9-18-2-1-17-10-18)16-6-11-3-12(7-16)5-13(4-11)8-16/h1-2,10-14H,3-9H2,(H,19,20). The molecule has 4 bridgehead atoms. The van der Waals surface area contributed by atoms with Gasteiger partial charge in [-0.25, -0.2) is 4.98 Å². The molecule has 4 aliphatic carbocycles. The average Bonchev–Trinajstić information content (AvgIpc) is 2.86. The van der Waals surface area contributed by atoms with Crippen LogP contribution >= 0.6 is 0 Å². The number of hydrogen-bond acceptors (Lipinski definition) is 2. The summed E-state index contributed by atoms with van der Waals surface area (Å²) in [5.41, 5.74) is 0.0604. The van der Waals surface area contributed by atoms with E-state index in [0.29, 0.717) is 6.54 Å². The van der Waals surface area contributed by atoms with Gasteiger partial charge in [0.25, 0.3) is 0 Å². The number of carbonyl (C=O) groups is 1. The molecule has 0 spiro atoms. The molecule has 108 valence electrons. The number of aliphatic carboxylic acids is 1. The van der Waals surface area contributed by atoms with E-state index in [9.17, 15) is 9.90 Å². The minimum atomic E-state index is -0.611. The zero-order valence-electron chi connectivity index (χ0n) is 11.7. The van der Waals surface area contributed by atoms with Gasteiger partial charge in [-0.1, -0.05) is 0 Å². The van der Waals surface area contributed by atoms with Crippen molar-refractivity contribution < 1.29 is 9.90 Å². The fraction of sp³-hybridized carbons (Fsp3) is 0.750. The summed E-state index contributed by atoms with van der Waals surface area (Å²) in [6.07, 6.45) is 12.9. The van der Waals surface area contributed by atoms with Crippen LogP contribution in [0.2, 0.25) is 0 Å². The summed E-state index contributed by atoms with van der Waals surface area (Å²) in [6, 6.07) is 0. The molecule has 4 nitrogen and oxygen atoms in total. The molecule has 4 heteroatoms. The van der Waals surface area contributed by atoms with Gasteiger partial charge in [-0.2, -0.15) is 0 Å². The van der Waals surface area contributed by atoms with Crippen molar-refractivity contribution in [3.05, 3.63) is 18.7 Å². The first-order valence-corrected chi connectivity index (χ1v) is 7.83. The predicted molar refractivity (Wildman–Crippen MR) is 74.0 cm³/mol. The Morgan fingerprint density at radius 2 is 1.85 bits per heavy atom. The van der Waals surface area contributed by atoms with Gasteiger partial charge in [0.2, 0.25) is 0 Å². The maximum atomic E-state index is 11.9. The van der Waals surface area contributed by atoms with E-state index in [4.69, 9.17) is 0 Å². The Morgan fingerprint density at radius 1 is 1.25 bits per heavy atom. The maximum Gasteiger partial charge on any atom is 0.308 e.